The van der Waals surface area contributed by atoms with Gasteiger partial charge in [0.15, 0.2) is 0 Å². The van der Waals surface area contributed by atoms with Crippen molar-refractivity contribution in [3.63, 3.8) is 0 Å². The number of aromatic hydroxyl groups is 1. The van der Waals surface area contributed by atoms with Crippen molar-refractivity contribution in [2.45, 2.75) is 65.2 Å². The molecule has 41 heavy (non-hydrogen) atoms. The Morgan fingerprint density at radius 3 is 1.63 bits per heavy atom. The standard InChI is InChI=1S/C16H18Cl2N2O2.C13H12Cl2N2O2/c1-2-9-22-13-10-11(5-6-12(13)17)14-15(18)19-7-3-4-8-20(19)16(14)21;14-9-4-3-8(7-10(9)18)11-12(15)16-5-1-2-6-17(16)13(11)19/h5-6,10H,2-4,7-9H2,1H3;3-4,7,18H,1-2,5-6H2. The average molecular weight is 640 g/mol. The molecule has 0 saturated heterocycles. The maximum atomic E-state index is 12.6. The molecule has 0 bridgehead atoms. The minimum Gasteiger partial charge on any atom is -0.506 e. The molecule has 2 aromatic heterocycles. The van der Waals surface area contributed by atoms with E-state index in [0.29, 0.717) is 57.5 Å². The fourth-order valence-corrected chi connectivity index (χ4v) is 6.21. The summed E-state index contributed by atoms with van der Waals surface area (Å²) in [6, 6.07) is 10.1. The second kappa shape index (κ2) is 12.6. The highest BCUT2D eigenvalue weighted by atomic mass is 35.5. The number of fused-ring (bicyclic) bond motifs is 2. The quantitative estimate of drug-likeness (QED) is 0.248. The first kappa shape index (κ1) is 29.7. The number of rotatable bonds is 5. The largest absolute Gasteiger partial charge is 0.506 e. The van der Waals surface area contributed by atoms with E-state index < -0.39 is 0 Å². The van der Waals surface area contributed by atoms with E-state index in [9.17, 15) is 14.7 Å². The van der Waals surface area contributed by atoms with Gasteiger partial charge in [0.25, 0.3) is 11.1 Å². The second-order valence-corrected chi connectivity index (χ2v) is 11.5. The van der Waals surface area contributed by atoms with Gasteiger partial charge in [-0.1, -0.05) is 65.5 Å². The molecule has 0 saturated carbocycles. The van der Waals surface area contributed by atoms with Gasteiger partial charge < -0.3 is 9.84 Å². The van der Waals surface area contributed by atoms with Gasteiger partial charge in [0.1, 0.15) is 21.8 Å². The van der Waals surface area contributed by atoms with Gasteiger partial charge in [-0.25, -0.2) is 9.36 Å². The van der Waals surface area contributed by atoms with Gasteiger partial charge in [-0.15, -0.1) is 0 Å². The molecular weight excluding hydrogens is 610 g/mol. The van der Waals surface area contributed by atoms with Crippen molar-refractivity contribution in [1.82, 2.24) is 18.7 Å². The molecule has 0 amide bonds. The molecule has 0 fully saturated rings. The van der Waals surface area contributed by atoms with E-state index in [1.165, 1.54) is 6.07 Å². The average Bonchev–Trinajstić information content (AvgIpc) is 3.39. The molecule has 0 aliphatic carbocycles. The second-order valence-electron chi connectivity index (χ2n) is 10.0. The van der Waals surface area contributed by atoms with E-state index >= 15 is 0 Å². The van der Waals surface area contributed by atoms with Gasteiger partial charge in [0, 0.05) is 26.2 Å². The summed E-state index contributed by atoms with van der Waals surface area (Å²) in [6.45, 7) is 5.53. The highest BCUT2D eigenvalue weighted by molar-refractivity contribution is 6.33. The molecule has 2 aliphatic heterocycles. The maximum absolute atomic E-state index is 12.6. The first-order valence-corrected chi connectivity index (χ1v) is 15.1. The summed E-state index contributed by atoms with van der Waals surface area (Å²) >= 11 is 24.7. The Balaban J connectivity index is 0.000000166. The van der Waals surface area contributed by atoms with Crippen LogP contribution in [-0.4, -0.2) is 30.4 Å². The first-order chi connectivity index (χ1) is 19.7. The van der Waals surface area contributed by atoms with Crippen molar-refractivity contribution in [3.8, 4) is 33.8 Å². The Bertz CT molecular complexity index is 1700. The molecule has 12 heteroatoms. The predicted molar refractivity (Wildman–Crippen MR) is 164 cm³/mol. The highest BCUT2D eigenvalue weighted by Gasteiger charge is 2.23. The molecule has 2 aromatic carbocycles. The van der Waals surface area contributed by atoms with Gasteiger partial charge in [-0.3, -0.25) is 19.0 Å². The van der Waals surface area contributed by atoms with Crippen molar-refractivity contribution in [2.75, 3.05) is 6.61 Å². The zero-order valence-corrected chi connectivity index (χ0v) is 25.5. The highest BCUT2D eigenvalue weighted by Crippen LogP contribution is 2.34. The topological polar surface area (TPSA) is 83.3 Å². The van der Waals surface area contributed by atoms with Crippen LogP contribution in [0.5, 0.6) is 11.5 Å². The number of aromatic nitrogens is 4. The molecule has 0 unspecified atom stereocenters. The van der Waals surface area contributed by atoms with Crippen LogP contribution in [0.4, 0.5) is 0 Å². The van der Waals surface area contributed by atoms with Crippen LogP contribution in [0.15, 0.2) is 46.0 Å². The number of phenols is 1. The lowest BCUT2D eigenvalue weighted by molar-refractivity contribution is 0.318. The molecular formula is C29H30Cl4N4O4. The zero-order valence-electron chi connectivity index (χ0n) is 22.5. The summed E-state index contributed by atoms with van der Waals surface area (Å²) in [7, 11) is 0. The van der Waals surface area contributed by atoms with E-state index in [-0.39, 0.29) is 21.9 Å². The molecule has 0 spiro atoms. The van der Waals surface area contributed by atoms with Gasteiger partial charge in [0.05, 0.1) is 27.8 Å². The number of ether oxygens (including phenoxy) is 1. The Morgan fingerprint density at radius 2 is 1.17 bits per heavy atom. The summed E-state index contributed by atoms with van der Waals surface area (Å²) < 4.78 is 12.7. The van der Waals surface area contributed by atoms with E-state index in [0.717, 1.165) is 50.8 Å². The molecule has 1 N–H and O–H groups in total. The Morgan fingerprint density at radius 1 is 0.707 bits per heavy atom. The zero-order chi connectivity index (χ0) is 29.3. The van der Waals surface area contributed by atoms with Crippen molar-refractivity contribution in [2.24, 2.45) is 0 Å². The van der Waals surface area contributed by atoms with Crippen molar-refractivity contribution < 1.29 is 9.84 Å². The summed E-state index contributed by atoms with van der Waals surface area (Å²) in [6.07, 6.45) is 4.93. The number of nitrogens with zero attached hydrogens (tertiary/aromatic N) is 4. The van der Waals surface area contributed by atoms with Crippen LogP contribution in [0, 0.1) is 0 Å². The van der Waals surface area contributed by atoms with Crippen LogP contribution in [0.1, 0.15) is 39.0 Å². The monoisotopic (exact) mass is 638 g/mol. The molecule has 4 aromatic rings. The molecule has 6 rings (SSSR count). The molecule has 8 nitrogen and oxygen atoms in total. The SMILES string of the molecule is CCCOc1cc(-c2c(Cl)n3n(c2=O)CCCC3)ccc1Cl.O=c1c(-c2ccc(Cl)c(O)c2)c(Cl)n2n1CCCC2. The third-order valence-electron chi connectivity index (χ3n) is 7.24. The van der Waals surface area contributed by atoms with E-state index in [1.807, 2.05) is 17.7 Å². The number of hydrogen-bond acceptors (Lipinski definition) is 4. The van der Waals surface area contributed by atoms with Crippen LogP contribution < -0.4 is 15.9 Å². The van der Waals surface area contributed by atoms with Crippen molar-refractivity contribution in [3.05, 3.63) is 77.5 Å². The minimum atomic E-state index is -0.119. The predicted octanol–water partition coefficient (Wildman–Crippen LogP) is 7.33. The Hall–Kier alpha value is -2.78. The molecule has 0 radical (unpaired) electrons. The lowest BCUT2D eigenvalue weighted by atomic mass is 10.1. The molecule has 0 atom stereocenters. The first-order valence-electron chi connectivity index (χ1n) is 13.6. The van der Waals surface area contributed by atoms with Crippen LogP contribution in [-0.2, 0) is 26.2 Å². The number of benzene rings is 2. The smallest absolute Gasteiger partial charge is 0.276 e. The van der Waals surface area contributed by atoms with Crippen LogP contribution >= 0.6 is 46.4 Å². The van der Waals surface area contributed by atoms with E-state index in [2.05, 4.69) is 0 Å². The summed E-state index contributed by atoms with van der Waals surface area (Å²) in [5.41, 5.74) is 2.13. The summed E-state index contributed by atoms with van der Waals surface area (Å²) in [4.78, 5) is 25.0. The lowest BCUT2D eigenvalue weighted by Gasteiger charge is -2.17. The number of phenolic OH excluding ortho intramolecular Hbond substituents is 1. The summed E-state index contributed by atoms with van der Waals surface area (Å²) in [5, 5.41) is 11.4. The molecule has 218 valence electrons. The maximum Gasteiger partial charge on any atom is 0.276 e. The fourth-order valence-electron chi connectivity index (χ4n) is 5.19. The fraction of sp³-hybridized carbons (Fsp3) is 0.379. The van der Waals surface area contributed by atoms with Crippen LogP contribution in [0.2, 0.25) is 20.4 Å². The van der Waals surface area contributed by atoms with Gasteiger partial charge >= 0.3 is 0 Å². The van der Waals surface area contributed by atoms with Crippen molar-refractivity contribution in [1.29, 1.82) is 0 Å². The molecule has 2 aliphatic rings. The van der Waals surface area contributed by atoms with Crippen LogP contribution in [0.3, 0.4) is 0 Å². The van der Waals surface area contributed by atoms with Gasteiger partial charge in [0.2, 0.25) is 0 Å². The lowest BCUT2D eigenvalue weighted by Crippen LogP contribution is -2.27. The summed E-state index contributed by atoms with van der Waals surface area (Å²) in [5.74, 6) is 0.537. The van der Waals surface area contributed by atoms with Gasteiger partial charge in [-0.2, -0.15) is 0 Å². The van der Waals surface area contributed by atoms with Gasteiger partial charge in [-0.05, 0) is 67.5 Å². The normalized spacial score (nSPS) is 14.2. The molecule has 4 heterocycles. The third-order valence-corrected chi connectivity index (χ3v) is 8.64. The van der Waals surface area contributed by atoms with Crippen molar-refractivity contribution >= 4 is 46.4 Å². The Kier molecular flexibility index (Phi) is 9.14. The number of hydrogen-bond donors (Lipinski definition) is 1. The van der Waals surface area contributed by atoms with E-state index in [1.54, 1.807) is 38.3 Å². The number of halogens is 4. The van der Waals surface area contributed by atoms with E-state index in [4.69, 9.17) is 51.1 Å². The Labute approximate surface area is 257 Å². The minimum absolute atomic E-state index is 0.0477. The third kappa shape index (κ3) is 5.80. The van der Waals surface area contributed by atoms with Crippen LogP contribution in [0.25, 0.3) is 22.3 Å².